The second kappa shape index (κ2) is 14.6. The van der Waals surface area contributed by atoms with Crippen LogP contribution in [0.5, 0.6) is 5.75 Å². The van der Waals surface area contributed by atoms with Crippen LogP contribution in [-0.4, -0.2) is 144 Å². The number of piperidine rings is 1. The Morgan fingerprint density at radius 3 is 2.38 bits per heavy atom. The van der Waals surface area contributed by atoms with E-state index in [-0.39, 0.29) is 12.0 Å². The highest BCUT2D eigenvalue weighted by Gasteiger charge is 2.78. The van der Waals surface area contributed by atoms with Gasteiger partial charge in [-0.1, -0.05) is 44.2 Å². The predicted molar refractivity (Wildman–Crippen MR) is 220 cm³/mol. The van der Waals surface area contributed by atoms with Crippen LogP contribution in [0, 0.1) is 11.3 Å². The monoisotopic (exact) mass is 851 g/mol. The number of methoxy groups -OCH3 is 2. The lowest BCUT2D eigenvalue weighted by molar-refractivity contribution is -0.201. The minimum absolute atomic E-state index is 0.0782. The van der Waals surface area contributed by atoms with Gasteiger partial charge in [0.1, 0.15) is 17.3 Å². The fourth-order valence-corrected chi connectivity index (χ4v) is 13.2. The van der Waals surface area contributed by atoms with Crippen molar-refractivity contribution >= 4 is 33.5 Å². The average molecular weight is 852 g/mol. The summed E-state index contributed by atoms with van der Waals surface area (Å²) in [5, 5.41) is 38.8. The topological polar surface area (TPSA) is 236 Å². The molecule has 2 bridgehead atoms. The van der Waals surface area contributed by atoms with Crippen LogP contribution in [0.1, 0.15) is 63.5 Å². The molecule has 1 aliphatic carbocycles. The molecule has 4 fully saturated rings. The molecule has 2 aromatic rings. The number of nitrogens with two attached hydrogens (primary N) is 1. The van der Waals surface area contributed by atoms with E-state index in [9.17, 15) is 20.1 Å². The zero-order valence-electron chi connectivity index (χ0n) is 34.7. The van der Waals surface area contributed by atoms with E-state index in [1.54, 1.807) is 7.11 Å². The van der Waals surface area contributed by atoms with Gasteiger partial charge in [0, 0.05) is 72.6 Å². The van der Waals surface area contributed by atoms with Crippen molar-refractivity contribution in [2.24, 2.45) is 22.1 Å². The number of fused-ring (bicyclic) bond motifs is 5. The van der Waals surface area contributed by atoms with Crippen molar-refractivity contribution in [2.45, 2.75) is 98.6 Å². The number of carbonyl (C=O) groups excluding carboxylic acids is 2. The molecular formula is C43H57N5O11S. The molecule has 326 valence electrons. The minimum atomic E-state index is -4.67. The van der Waals surface area contributed by atoms with E-state index in [0.717, 1.165) is 40.5 Å². The summed E-state index contributed by atoms with van der Waals surface area (Å²) in [7, 11) is 0.222. The highest BCUT2D eigenvalue weighted by Crippen LogP contribution is 2.67. The van der Waals surface area contributed by atoms with Gasteiger partial charge in [-0.05, 0) is 74.3 Å². The van der Waals surface area contributed by atoms with Crippen molar-refractivity contribution in [3.63, 3.8) is 0 Å². The number of likely N-dealkylation sites (N-methyl/N-ethyl adjacent to an activating group) is 1. The normalized spacial score (nSPS) is 38.6. The third-order valence-electron chi connectivity index (χ3n) is 15.4. The second-order valence-electron chi connectivity index (χ2n) is 18.1. The quantitative estimate of drug-likeness (QED) is 0.130. The highest BCUT2D eigenvalue weighted by atomic mass is 32.3. The second-order valence-corrected chi connectivity index (χ2v) is 18.9. The molecule has 0 radical (unpaired) electrons. The van der Waals surface area contributed by atoms with Crippen molar-refractivity contribution in [2.75, 3.05) is 58.9 Å². The first-order chi connectivity index (χ1) is 28.3. The summed E-state index contributed by atoms with van der Waals surface area (Å²) in [6.07, 6.45) is 5.78. The van der Waals surface area contributed by atoms with Crippen LogP contribution in [0.2, 0.25) is 0 Å². The summed E-state index contributed by atoms with van der Waals surface area (Å²) in [4.78, 5) is 40.9. The van der Waals surface area contributed by atoms with Crippen LogP contribution < -0.4 is 25.9 Å². The van der Waals surface area contributed by atoms with Crippen molar-refractivity contribution < 1.29 is 51.9 Å². The summed E-state index contributed by atoms with van der Waals surface area (Å²) in [5.41, 5.74) is 3.10. The van der Waals surface area contributed by atoms with Gasteiger partial charge in [0.25, 0.3) is 5.91 Å². The van der Waals surface area contributed by atoms with E-state index < -0.39 is 67.9 Å². The van der Waals surface area contributed by atoms with Gasteiger partial charge in [-0.2, -0.15) is 8.42 Å². The Hall–Kier alpha value is -3.94. The van der Waals surface area contributed by atoms with Crippen molar-refractivity contribution in [3.05, 3.63) is 70.3 Å². The van der Waals surface area contributed by atoms with Crippen LogP contribution in [0.15, 0.2) is 53.5 Å². The maximum Gasteiger partial charge on any atom is 0.394 e. The summed E-state index contributed by atoms with van der Waals surface area (Å²) < 4.78 is 43.8. The minimum Gasteiger partial charge on any atom is -0.496 e. The molecule has 17 heteroatoms. The molecule has 9 rings (SSSR count). The van der Waals surface area contributed by atoms with Gasteiger partial charge >= 0.3 is 16.4 Å². The summed E-state index contributed by atoms with van der Waals surface area (Å²) in [5.74, 6) is -0.995. The van der Waals surface area contributed by atoms with E-state index in [1.807, 2.05) is 62.2 Å². The number of primary amides is 1. The maximum absolute atomic E-state index is 15.2. The standard InChI is InChI=1S/C43H55N5O7.H2O4S/c1-6-39(52)21-25-22-42(38(51)55-5,33-27(13-17-47(23-25)24-39)26-11-8-9-12-30(26)45-33)29-19-28-31(20-32(29)54-4)46(3)35-41(28)15-18-48-16-10-14-40(7-2,34(41)48)36(49)43(35,53)37(44)50;1-5(2,3)4/h8-12,14,19-20,25,33-36,49,52-53H,6-7,13,15-18,21-24H2,1-5H3,(H2,44,50);(H2,1,2,3,4)/t25-,33?,34+,35-,36-,39+,40-,41-,42+,43+;/m1./s1. The zero-order valence-corrected chi connectivity index (χ0v) is 35.6. The van der Waals surface area contributed by atoms with Gasteiger partial charge in [0.05, 0.1) is 37.3 Å². The molecule has 1 spiro atoms. The summed E-state index contributed by atoms with van der Waals surface area (Å²) >= 11 is 0. The maximum atomic E-state index is 15.2. The molecule has 16 nitrogen and oxygen atoms in total. The zero-order chi connectivity index (χ0) is 43.4. The number of amides is 1. The SMILES string of the molecule is CC[C@]1(O)C[C@H]2CN(CCC3=c4ccccc4=NC3[C@@](C(=O)OC)(c3cc4c(cc3OC)N(C)[C@H]3[C@@](O)(C(N)=O)[C@H](O)[C@]5(CC)C=CCN6CC[C@]43[C@@H]65)C2)C1.O=S(=O)(O)O. The predicted octanol–water partition coefficient (Wildman–Crippen LogP) is 0.250. The van der Waals surface area contributed by atoms with Gasteiger partial charge in [0.15, 0.2) is 5.60 Å². The van der Waals surface area contributed by atoms with E-state index in [1.165, 1.54) is 7.11 Å². The Balaban J connectivity index is 0.000000943. The number of aliphatic hydroxyl groups is 3. The lowest BCUT2D eigenvalue weighted by Crippen LogP contribution is -2.81. The van der Waals surface area contributed by atoms with Crippen LogP contribution >= 0.6 is 0 Å². The van der Waals surface area contributed by atoms with Crippen LogP contribution in [0.3, 0.4) is 0 Å². The number of carbonyl (C=O) groups is 2. The molecule has 0 aromatic heterocycles. The highest BCUT2D eigenvalue weighted by molar-refractivity contribution is 7.79. The Kier molecular flexibility index (Phi) is 10.4. The van der Waals surface area contributed by atoms with Crippen LogP contribution in [0.25, 0.3) is 5.57 Å². The number of hydrogen-bond donors (Lipinski definition) is 6. The summed E-state index contributed by atoms with van der Waals surface area (Å²) in [6, 6.07) is 10.3. The average Bonchev–Trinajstić information content (AvgIpc) is 3.87. The molecule has 1 amide bonds. The number of ether oxygens (including phenoxy) is 2. The Morgan fingerprint density at radius 2 is 1.73 bits per heavy atom. The molecule has 3 saturated heterocycles. The van der Waals surface area contributed by atoms with Crippen molar-refractivity contribution in [1.29, 1.82) is 0 Å². The van der Waals surface area contributed by atoms with E-state index in [0.29, 0.717) is 69.5 Å². The lowest BCUT2D eigenvalue weighted by Gasteiger charge is -2.63. The van der Waals surface area contributed by atoms with Crippen molar-refractivity contribution in [1.82, 2.24) is 9.80 Å². The number of para-hydroxylation sites is 1. The third kappa shape index (κ3) is 5.94. The first-order valence-corrected chi connectivity index (χ1v) is 22.2. The Bertz CT molecular complexity index is 2370. The number of anilines is 1. The van der Waals surface area contributed by atoms with Crippen molar-refractivity contribution in [3.8, 4) is 5.75 Å². The molecule has 2 aromatic carbocycles. The molecule has 60 heavy (non-hydrogen) atoms. The molecule has 6 aliphatic heterocycles. The largest absolute Gasteiger partial charge is 0.496 e. The molecule has 11 atom stereocenters. The fourth-order valence-electron chi connectivity index (χ4n) is 13.2. The molecule has 1 saturated carbocycles. The number of aliphatic hydroxyl groups excluding tert-OH is 1. The smallest absolute Gasteiger partial charge is 0.394 e. The molecule has 2 unspecified atom stereocenters. The molecule has 6 heterocycles. The van der Waals surface area contributed by atoms with E-state index in [4.69, 9.17) is 37.7 Å². The van der Waals surface area contributed by atoms with E-state index >= 15 is 4.79 Å². The van der Waals surface area contributed by atoms with Gasteiger partial charge < -0.3 is 35.4 Å². The van der Waals surface area contributed by atoms with Crippen LogP contribution in [0.4, 0.5) is 5.69 Å². The number of hydrogen-bond acceptors (Lipinski definition) is 13. The Morgan fingerprint density at radius 1 is 1.02 bits per heavy atom. The molecule has 7 N–H and O–H groups in total. The third-order valence-corrected chi connectivity index (χ3v) is 15.4. The molecular weight excluding hydrogens is 795 g/mol. The number of rotatable bonds is 6. The van der Waals surface area contributed by atoms with Gasteiger partial charge in [0.2, 0.25) is 0 Å². The first-order valence-electron chi connectivity index (χ1n) is 20.8. The Labute approximate surface area is 349 Å². The number of esters is 1. The fraction of sp³-hybridized carbons (Fsp3) is 0.605. The van der Waals surface area contributed by atoms with Crippen LogP contribution in [-0.2, 0) is 35.6 Å². The number of benzene rings is 2. The van der Waals surface area contributed by atoms with Gasteiger partial charge in [-0.25, -0.2) is 0 Å². The summed E-state index contributed by atoms with van der Waals surface area (Å²) in [6.45, 7) is 7.39. The van der Waals surface area contributed by atoms with Gasteiger partial charge in [-0.15, -0.1) is 0 Å². The molecule has 7 aliphatic rings. The van der Waals surface area contributed by atoms with Gasteiger partial charge in [-0.3, -0.25) is 33.5 Å². The number of nitrogens with zero attached hydrogens (tertiary/aromatic N) is 4. The lowest BCUT2D eigenvalue weighted by atomic mass is 9.47. The first kappa shape index (κ1) is 42.7. The van der Waals surface area contributed by atoms with E-state index in [2.05, 4.69) is 21.9 Å².